The van der Waals surface area contributed by atoms with Crippen LogP contribution in [0.15, 0.2) is 28.8 Å². The van der Waals surface area contributed by atoms with Crippen LogP contribution in [0.25, 0.3) is 11.3 Å². The molecule has 0 radical (unpaired) electrons. The van der Waals surface area contributed by atoms with Crippen LogP contribution >= 0.6 is 23.2 Å². The molecule has 100 valence electrons. The van der Waals surface area contributed by atoms with Gasteiger partial charge in [0, 0.05) is 19.0 Å². The Bertz CT molecular complexity index is 558. The summed E-state index contributed by atoms with van der Waals surface area (Å²) >= 11 is 12.3. The lowest BCUT2D eigenvalue weighted by Crippen LogP contribution is -2.19. The molecule has 3 nitrogen and oxygen atoms in total. The quantitative estimate of drug-likeness (QED) is 0.908. The Morgan fingerprint density at radius 3 is 2.68 bits per heavy atom. The molecule has 1 aromatic heterocycles. The molecule has 2 aromatic rings. The highest BCUT2D eigenvalue weighted by Crippen LogP contribution is 2.34. The molecule has 0 spiro atoms. The predicted octanol–water partition coefficient (Wildman–Crippen LogP) is 3.94. The molecule has 1 aliphatic rings. The number of nitrogens with one attached hydrogen (secondary N) is 1. The standard InChI is InChI=1S/C14H14Cl2N2O/c15-10-2-1-3-11(16)14(10)12-8-18-13(19-12)6-7-17-9-4-5-9/h1-3,8-9,17H,4-7H2. The highest BCUT2D eigenvalue weighted by Gasteiger charge is 2.20. The first-order valence-electron chi connectivity index (χ1n) is 6.36. The van der Waals surface area contributed by atoms with Crippen molar-refractivity contribution in [3.63, 3.8) is 0 Å². The molecule has 0 atom stereocenters. The lowest BCUT2D eigenvalue weighted by atomic mass is 10.2. The molecule has 1 aromatic carbocycles. The van der Waals surface area contributed by atoms with Crippen LogP contribution < -0.4 is 5.32 Å². The van der Waals surface area contributed by atoms with E-state index >= 15 is 0 Å². The number of rotatable bonds is 5. The molecule has 1 heterocycles. The Morgan fingerprint density at radius 2 is 2.00 bits per heavy atom. The van der Waals surface area contributed by atoms with Crippen LogP contribution in [0.2, 0.25) is 10.0 Å². The topological polar surface area (TPSA) is 38.1 Å². The van der Waals surface area contributed by atoms with E-state index in [2.05, 4.69) is 10.3 Å². The van der Waals surface area contributed by atoms with Crippen LogP contribution in [0.1, 0.15) is 18.7 Å². The molecular weight excluding hydrogens is 283 g/mol. The molecule has 5 heteroatoms. The zero-order valence-electron chi connectivity index (χ0n) is 10.3. The third-order valence-corrected chi connectivity index (χ3v) is 3.74. The summed E-state index contributed by atoms with van der Waals surface area (Å²) in [5.41, 5.74) is 0.708. The fourth-order valence-corrected chi connectivity index (χ4v) is 2.53. The molecule has 3 rings (SSSR count). The van der Waals surface area contributed by atoms with E-state index in [1.54, 1.807) is 18.3 Å². The lowest BCUT2D eigenvalue weighted by Gasteiger charge is -2.02. The van der Waals surface area contributed by atoms with Crippen LogP contribution in [-0.4, -0.2) is 17.6 Å². The Kier molecular flexibility index (Phi) is 3.78. The van der Waals surface area contributed by atoms with Gasteiger partial charge in [-0.3, -0.25) is 0 Å². The molecule has 0 amide bonds. The number of halogens is 2. The van der Waals surface area contributed by atoms with E-state index in [-0.39, 0.29) is 0 Å². The number of nitrogens with zero attached hydrogens (tertiary/aromatic N) is 1. The summed E-state index contributed by atoms with van der Waals surface area (Å²) in [6.07, 6.45) is 5.02. The predicted molar refractivity (Wildman–Crippen MR) is 76.7 cm³/mol. The number of oxazole rings is 1. The highest BCUT2D eigenvalue weighted by atomic mass is 35.5. The number of hydrogen-bond acceptors (Lipinski definition) is 3. The Labute approximate surface area is 121 Å². The smallest absolute Gasteiger partial charge is 0.196 e. The fraction of sp³-hybridized carbons (Fsp3) is 0.357. The minimum Gasteiger partial charge on any atom is -0.441 e. The van der Waals surface area contributed by atoms with Crippen LogP contribution in [0.4, 0.5) is 0 Å². The summed E-state index contributed by atoms with van der Waals surface area (Å²) in [5, 5.41) is 4.58. The first kappa shape index (κ1) is 13.0. The molecule has 1 fully saturated rings. The molecule has 1 saturated carbocycles. The maximum absolute atomic E-state index is 6.14. The van der Waals surface area contributed by atoms with Gasteiger partial charge in [-0.2, -0.15) is 0 Å². The van der Waals surface area contributed by atoms with Gasteiger partial charge in [-0.25, -0.2) is 4.98 Å². The molecule has 0 bridgehead atoms. The maximum Gasteiger partial charge on any atom is 0.196 e. The van der Waals surface area contributed by atoms with Crippen molar-refractivity contribution < 1.29 is 4.42 Å². The molecular formula is C14H14Cl2N2O. The minimum absolute atomic E-state index is 0.575. The van der Waals surface area contributed by atoms with E-state index in [0.717, 1.165) is 13.0 Å². The van der Waals surface area contributed by atoms with Gasteiger partial charge in [0.15, 0.2) is 11.7 Å². The highest BCUT2D eigenvalue weighted by molar-refractivity contribution is 6.39. The largest absolute Gasteiger partial charge is 0.441 e. The van der Waals surface area contributed by atoms with Gasteiger partial charge in [-0.05, 0) is 25.0 Å². The van der Waals surface area contributed by atoms with Crippen LogP contribution in [0.5, 0.6) is 0 Å². The summed E-state index contributed by atoms with van der Waals surface area (Å²) in [6, 6.07) is 6.09. The Morgan fingerprint density at radius 1 is 1.26 bits per heavy atom. The van der Waals surface area contributed by atoms with Crippen LogP contribution in [0, 0.1) is 0 Å². The number of aromatic nitrogens is 1. The molecule has 1 aliphatic carbocycles. The van der Waals surface area contributed by atoms with E-state index < -0.39 is 0 Å². The van der Waals surface area contributed by atoms with Gasteiger partial charge < -0.3 is 9.73 Å². The third kappa shape index (κ3) is 3.11. The van der Waals surface area contributed by atoms with Crippen molar-refractivity contribution in [3.05, 3.63) is 40.3 Å². The molecule has 0 saturated heterocycles. The van der Waals surface area contributed by atoms with Gasteiger partial charge in [0.05, 0.1) is 21.8 Å². The van der Waals surface area contributed by atoms with Gasteiger partial charge >= 0.3 is 0 Å². The first-order chi connectivity index (χ1) is 9.24. The second kappa shape index (κ2) is 5.53. The summed E-state index contributed by atoms with van der Waals surface area (Å²) in [4.78, 5) is 4.27. The van der Waals surface area contributed by atoms with E-state index in [1.807, 2.05) is 6.07 Å². The summed E-state index contributed by atoms with van der Waals surface area (Å²) in [5.74, 6) is 1.33. The monoisotopic (exact) mass is 296 g/mol. The fourth-order valence-electron chi connectivity index (χ4n) is 1.95. The van der Waals surface area contributed by atoms with Gasteiger partial charge in [0.25, 0.3) is 0 Å². The maximum atomic E-state index is 6.14. The van der Waals surface area contributed by atoms with Crippen LogP contribution in [0.3, 0.4) is 0 Å². The second-order valence-corrected chi connectivity index (χ2v) is 5.51. The molecule has 0 aliphatic heterocycles. The summed E-state index contributed by atoms with van der Waals surface area (Å²) in [6.45, 7) is 0.890. The van der Waals surface area contributed by atoms with Gasteiger partial charge in [0.2, 0.25) is 0 Å². The van der Waals surface area contributed by atoms with E-state index in [0.29, 0.717) is 33.3 Å². The van der Waals surface area contributed by atoms with Crippen molar-refractivity contribution in [2.24, 2.45) is 0 Å². The zero-order chi connectivity index (χ0) is 13.2. The van der Waals surface area contributed by atoms with Gasteiger partial charge in [-0.1, -0.05) is 29.3 Å². The van der Waals surface area contributed by atoms with Crippen LogP contribution in [-0.2, 0) is 6.42 Å². The Hall–Kier alpha value is -1.03. The molecule has 1 N–H and O–H groups in total. The van der Waals surface area contributed by atoms with E-state index in [9.17, 15) is 0 Å². The summed E-state index contributed by atoms with van der Waals surface area (Å²) < 4.78 is 5.71. The SMILES string of the molecule is Clc1cccc(Cl)c1-c1cnc(CCNC2CC2)o1. The van der Waals surface area contributed by atoms with E-state index in [1.165, 1.54) is 12.8 Å². The summed E-state index contributed by atoms with van der Waals surface area (Å²) in [7, 11) is 0. The average Bonchev–Trinajstić information content (AvgIpc) is 3.08. The van der Waals surface area contributed by atoms with E-state index in [4.69, 9.17) is 27.6 Å². The molecule has 0 unspecified atom stereocenters. The van der Waals surface area contributed by atoms with Crippen molar-refractivity contribution >= 4 is 23.2 Å². The third-order valence-electron chi connectivity index (χ3n) is 3.11. The minimum atomic E-state index is 0.575. The number of hydrogen-bond donors (Lipinski definition) is 1. The normalized spacial score (nSPS) is 14.8. The van der Waals surface area contributed by atoms with Crippen molar-refractivity contribution in [2.75, 3.05) is 6.54 Å². The van der Waals surface area contributed by atoms with Crippen molar-refractivity contribution in [3.8, 4) is 11.3 Å². The number of benzene rings is 1. The lowest BCUT2D eigenvalue weighted by molar-refractivity contribution is 0.494. The van der Waals surface area contributed by atoms with Gasteiger partial charge in [-0.15, -0.1) is 0 Å². The van der Waals surface area contributed by atoms with Gasteiger partial charge in [0.1, 0.15) is 0 Å². The van der Waals surface area contributed by atoms with Crippen molar-refractivity contribution in [1.29, 1.82) is 0 Å². The zero-order valence-corrected chi connectivity index (χ0v) is 11.8. The average molecular weight is 297 g/mol. The molecule has 19 heavy (non-hydrogen) atoms. The first-order valence-corrected chi connectivity index (χ1v) is 7.12. The van der Waals surface area contributed by atoms with Crippen molar-refractivity contribution in [2.45, 2.75) is 25.3 Å². The van der Waals surface area contributed by atoms with Crippen molar-refractivity contribution in [1.82, 2.24) is 10.3 Å². The second-order valence-electron chi connectivity index (χ2n) is 4.69. The Balaban J connectivity index is 1.72.